The van der Waals surface area contributed by atoms with Crippen LogP contribution in [0.25, 0.3) is 43.6 Å². The van der Waals surface area contributed by atoms with Gasteiger partial charge in [0.2, 0.25) is 0 Å². The van der Waals surface area contributed by atoms with Crippen LogP contribution in [0.4, 0.5) is 0 Å². The lowest BCUT2D eigenvalue weighted by Crippen LogP contribution is -2.56. The van der Waals surface area contributed by atoms with Crippen LogP contribution in [0.3, 0.4) is 0 Å². The molecular weight excluding hydrogens is 534 g/mol. The summed E-state index contributed by atoms with van der Waals surface area (Å²) in [6.07, 6.45) is 0.851. The molecule has 0 spiro atoms. The Morgan fingerprint density at radius 2 is 1.53 bits per heavy atom. The first-order valence-electron chi connectivity index (χ1n) is 15.4. The fraction of sp³-hybridized carbons (Fsp3) is 0.297. The van der Waals surface area contributed by atoms with E-state index in [0.717, 1.165) is 43.8 Å². The minimum absolute atomic E-state index is 0.0145. The van der Waals surface area contributed by atoms with Gasteiger partial charge in [0.25, 0.3) is 5.91 Å². The van der Waals surface area contributed by atoms with Gasteiger partial charge in [-0.05, 0) is 42.7 Å². The van der Waals surface area contributed by atoms with Crippen molar-refractivity contribution in [2.24, 2.45) is 5.92 Å². The Morgan fingerprint density at radius 1 is 0.884 bits per heavy atom. The van der Waals surface area contributed by atoms with E-state index in [-0.39, 0.29) is 35.8 Å². The molecule has 6 aromatic rings. The third-order valence-electron chi connectivity index (χ3n) is 10.9. The summed E-state index contributed by atoms with van der Waals surface area (Å²) in [6.45, 7) is 6.62. The highest BCUT2D eigenvalue weighted by Crippen LogP contribution is 2.56. The maximum Gasteiger partial charge on any atom is 0.253 e. The largest absolute Gasteiger partial charge is 0.338 e. The molecule has 0 radical (unpaired) electrons. The van der Waals surface area contributed by atoms with E-state index in [1.54, 1.807) is 0 Å². The van der Waals surface area contributed by atoms with Crippen LogP contribution >= 0.6 is 0 Å². The topological polar surface area (TPSA) is 56.5 Å². The summed E-state index contributed by atoms with van der Waals surface area (Å²) in [5, 5.41) is 4.47. The molecule has 4 heterocycles. The van der Waals surface area contributed by atoms with Crippen molar-refractivity contribution in [3.63, 3.8) is 0 Å². The van der Waals surface area contributed by atoms with E-state index >= 15 is 0 Å². The van der Waals surface area contributed by atoms with Crippen LogP contribution in [0.2, 0.25) is 0 Å². The van der Waals surface area contributed by atoms with Crippen LogP contribution in [-0.4, -0.2) is 38.8 Å². The molecular formula is C37H33N3O3. The SMILES string of the molecule is CC1CC(=O)c2c1c1c3ccccc3n3c1c1c2c2ccccc2n1[C@H]1C[C@@H](N(C)C(=O)c2ccccc2)[C@@H](C)[C@]3(C)O1. The predicted octanol–water partition coefficient (Wildman–Crippen LogP) is 7.97. The molecule has 43 heavy (non-hydrogen) atoms. The number of hydrogen-bond donors (Lipinski definition) is 0. The summed E-state index contributed by atoms with van der Waals surface area (Å²) in [6, 6.07) is 26.5. The molecule has 1 aliphatic carbocycles. The second kappa shape index (κ2) is 8.35. The number of Topliss-reactive ketones (excluding diaryl/α,β-unsaturated/α-hetero) is 1. The van der Waals surface area contributed by atoms with E-state index in [1.807, 2.05) is 42.3 Å². The number of carbonyl (C=O) groups is 2. The molecule has 2 aromatic heterocycles. The van der Waals surface area contributed by atoms with Gasteiger partial charge in [-0.1, -0.05) is 68.4 Å². The maximum atomic E-state index is 13.9. The van der Waals surface area contributed by atoms with Gasteiger partial charge in [0, 0.05) is 64.5 Å². The Morgan fingerprint density at radius 3 is 2.28 bits per heavy atom. The number of amides is 1. The Labute approximate surface area is 249 Å². The molecule has 1 amide bonds. The van der Waals surface area contributed by atoms with Gasteiger partial charge in [-0.3, -0.25) is 9.59 Å². The molecule has 1 unspecified atom stereocenters. The quantitative estimate of drug-likeness (QED) is 0.213. The second-order valence-corrected chi connectivity index (χ2v) is 13.0. The normalized spacial score (nSPS) is 26.1. The zero-order valence-electron chi connectivity index (χ0n) is 24.8. The summed E-state index contributed by atoms with van der Waals surface area (Å²) < 4.78 is 12.1. The lowest BCUT2D eigenvalue weighted by atomic mass is 9.84. The number of nitrogens with zero attached hydrogens (tertiary/aromatic N) is 3. The van der Waals surface area contributed by atoms with Gasteiger partial charge in [0.1, 0.15) is 12.0 Å². The summed E-state index contributed by atoms with van der Waals surface area (Å²) in [5.74, 6) is 0.339. The fourth-order valence-electron chi connectivity index (χ4n) is 8.81. The molecule has 214 valence electrons. The lowest BCUT2D eigenvalue weighted by molar-refractivity contribution is -0.232. The third-order valence-corrected chi connectivity index (χ3v) is 10.9. The first-order chi connectivity index (χ1) is 20.8. The standard InChI is InChI=1S/C37H33N3O3/c1-20-18-28(41)33-30(20)31-24-15-9-11-17-26(24)40-35(31)34-32(33)23-14-8-10-16-25(23)39(34)29-19-27(21(2)37(40,3)43-29)38(4)36(42)22-12-6-5-7-13-22/h5-17,20-21,27,29H,18-19H2,1-4H3/t20?,21-,27-,29-,37+/m1/s1. The van der Waals surface area contributed by atoms with Gasteiger partial charge in [-0.2, -0.15) is 0 Å². The lowest BCUT2D eigenvalue weighted by Gasteiger charge is -2.50. The monoisotopic (exact) mass is 567 g/mol. The van der Waals surface area contributed by atoms with Crippen molar-refractivity contribution >= 4 is 55.3 Å². The molecule has 6 heteroatoms. The number of carbonyl (C=O) groups excluding carboxylic acids is 2. The van der Waals surface area contributed by atoms with Crippen LogP contribution < -0.4 is 0 Å². The van der Waals surface area contributed by atoms with Crippen LogP contribution in [0.1, 0.15) is 72.0 Å². The first kappa shape index (κ1) is 25.1. The number of ketones is 1. The predicted molar refractivity (Wildman–Crippen MR) is 170 cm³/mol. The summed E-state index contributed by atoms with van der Waals surface area (Å²) >= 11 is 0. The van der Waals surface area contributed by atoms with Crippen molar-refractivity contribution < 1.29 is 14.3 Å². The Bertz CT molecular complexity index is 2190. The highest BCUT2D eigenvalue weighted by atomic mass is 16.5. The van der Waals surface area contributed by atoms with E-state index < -0.39 is 5.72 Å². The molecule has 3 aliphatic rings. The molecule has 0 saturated carbocycles. The minimum Gasteiger partial charge on any atom is -0.338 e. The zero-order valence-corrected chi connectivity index (χ0v) is 24.8. The van der Waals surface area contributed by atoms with E-state index in [2.05, 4.69) is 78.4 Å². The minimum atomic E-state index is -0.757. The number of ether oxygens (including phenoxy) is 1. The van der Waals surface area contributed by atoms with Crippen molar-refractivity contribution in [2.75, 3.05) is 7.05 Å². The number of benzene rings is 4. The number of para-hydroxylation sites is 2. The Balaban J connectivity index is 1.43. The van der Waals surface area contributed by atoms with E-state index in [4.69, 9.17) is 4.74 Å². The van der Waals surface area contributed by atoms with Crippen molar-refractivity contribution in [1.82, 2.24) is 14.0 Å². The molecule has 0 N–H and O–H groups in total. The molecule has 2 aliphatic heterocycles. The van der Waals surface area contributed by atoms with E-state index in [9.17, 15) is 9.59 Å². The highest BCUT2D eigenvalue weighted by Gasteiger charge is 2.52. The number of aromatic nitrogens is 2. The fourth-order valence-corrected chi connectivity index (χ4v) is 8.81. The van der Waals surface area contributed by atoms with Gasteiger partial charge in [0.15, 0.2) is 5.78 Å². The van der Waals surface area contributed by atoms with Gasteiger partial charge in [-0.15, -0.1) is 0 Å². The molecule has 2 bridgehead atoms. The zero-order chi connectivity index (χ0) is 29.4. The molecule has 1 fully saturated rings. The maximum absolute atomic E-state index is 13.9. The highest BCUT2D eigenvalue weighted by molar-refractivity contribution is 6.31. The summed E-state index contributed by atoms with van der Waals surface area (Å²) in [5.41, 5.74) is 6.37. The molecule has 9 rings (SSSR count). The Hall–Kier alpha value is -4.42. The van der Waals surface area contributed by atoms with Gasteiger partial charge < -0.3 is 18.8 Å². The van der Waals surface area contributed by atoms with Crippen molar-refractivity contribution in [1.29, 1.82) is 0 Å². The van der Waals surface area contributed by atoms with E-state index in [0.29, 0.717) is 18.4 Å². The average Bonchev–Trinajstić information content (AvgIpc) is 3.63. The molecule has 4 aromatic carbocycles. The van der Waals surface area contributed by atoms with Crippen molar-refractivity contribution in [3.05, 3.63) is 95.6 Å². The van der Waals surface area contributed by atoms with Gasteiger partial charge >= 0.3 is 0 Å². The van der Waals surface area contributed by atoms with Crippen LogP contribution in [-0.2, 0) is 10.5 Å². The smallest absolute Gasteiger partial charge is 0.253 e. The Kier molecular flexibility index (Phi) is 4.88. The van der Waals surface area contributed by atoms with Crippen LogP contribution in [0, 0.1) is 5.92 Å². The molecule has 5 atom stereocenters. The first-order valence-corrected chi connectivity index (χ1v) is 15.4. The van der Waals surface area contributed by atoms with Gasteiger partial charge in [0.05, 0.1) is 22.1 Å². The van der Waals surface area contributed by atoms with E-state index in [1.165, 1.54) is 10.9 Å². The third kappa shape index (κ3) is 2.97. The molecule has 6 nitrogen and oxygen atoms in total. The van der Waals surface area contributed by atoms with Gasteiger partial charge in [-0.25, -0.2) is 0 Å². The number of hydrogen-bond acceptors (Lipinski definition) is 3. The molecule has 1 saturated heterocycles. The summed E-state index contributed by atoms with van der Waals surface area (Å²) in [4.78, 5) is 29.6. The van der Waals surface area contributed by atoms with Crippen LogP contribution in [0.15, 0.2) is 78.9 Å². The number of rotatable bonds is 2. The van der Waals surface area contributed by atoms with Crippen molar-refractivity contribution in [2.45, 2.75) is 57.5 Å². The number of fused-ring (bicyclic) bond motifs is 13. The summed E-state index contributed by atoms with van der Waals surface area (Å²) in [7, 11) is 1.94. The van der Waals surface area contributed by atoms with Crippen LogP contribution in [0.5, 0.6) is 0 Å². The average molecular weight is 568 g/mol. The second-order valence-electron chi connectivity index (χ2n) is 13.0. The van der Waals surface area contributed by atoms with Crippen molar-refractivity contribution in [3.8, 4) is 0 Å².